The van der Waals surface area contributed by atoms with E-state index in [0.29, 0.717) is 37.4 Å². The topological polar surface area (TPSA) is 99.9 Å². The average Bonchev–Trinajstić information content (AvgIpc) is 3.26. The van der Waals surface area contributed by atoms with Gasteiger partial charge in [-0.3, -0.25) is 9.69 Å². The number of aromatic nitrogens is 5. The molecule has 0 aliphatic rings. The van der Waals surface area contributed by atoms with Crippen LogP contribution in [0.3, 0.4) is 0 Å². The van der Waals surface area contributed by atoms with E-state index >= 15 is 0 Å². The number of halogens is 1. The number of nitrogens with one attached hydrogen (secondary N) is 1. The van der Waals surface area contributed by atoms with Crippen LogP contribution in [0.2, 0.25) is 0 Å². The summed E-state index contributed by atoms with van der Waals surface area (Å²) >= 11 is 0. The fourth-order valence-electron chi connectivity index (χ4n) is 4.48. The zero-order valence-corrected chi connectivity index (χ0v) is 20.3. The summed E-state index contributed by atoms with van der Waals surface area (Å²) in [7, 11) is 0. The molecule has 2 aromatic heterocycles. The molecule has 4 aromatic rings. The van der Waals surface area contributed by atoms with Crippen molar-refractivity contribution in [3.63, 3.8) is 0 Å². The second kappa shape index (κ2) is 10.9. The normalized spacial score (nSPS) is 12.7. The van der Waals surface area contributed by atoms with Gasteiger partial charge in [-0.05, 0) is 71.0 Å². The van der Waals surface area contributed by atoms with Crippen LogP contribution < -0.4 is 5.56 Å². The first-order valence-electron chi connectivity index (χ1n) is 11.8. The Labute approximate surface area is 203 Å². The Bertz CT molecular complexity index is 1330. The molecule has 1 atom stereocenters. The summed E-state index contributed by atoms with van der Waals surface area (Å²) in [6.45, 7) is 7.57. The molecule has 0 saturated carbocycles. The largest absolute Gasteiger partial charge is 0.396 e. The van der Waals surface area contributed by atoms with E-state index in [1.54, 1.807) is 16.8 Å². The number of fused-ring (bicyclic) bond motifs is 1. The van der Waals surface area contributed by atoms with Crippen molar-refractivity contribution in [1.82, 2.24) is 30.1 Å². The summed E-state index contributed by atoms with van der Waals surface area (Å²) in [5.74, 6) is 0.487. The van der Waals surface area contributed by atoms with E-state index in [1.807, 2.05) is 25.1 Å². The third-order valence-corrected chi connectivity index (χ3v) is 6.15. The minimum Gasteiger partial charge on any atom is -0.396 e. The third kappa shape index (κ3) is 5.80. The Kier molecular flexibility index (Phi) is 7.67. The van der Waals surface area contributed by atoms with Gasteiger partial charge >= 0.3 is 0 Å². The molecular weight excluding hydrogens is 447 g/mol. The van der Waals surface area contributed by atoms with Gasteiger partial charge in [0.15, 0.2) is 5.82 Å². The van der Waals surface area contributed by atoms with Crippen molar-refractivity contribution < 1.29 is 9.50 Å². The van der Waals surface area contributed by atoms with Crippen LogP contribution in [0.4, 0.5) is 4.39 Å². The average molecular weight is 479 g/mol. The second-order valence-electron chi connectivity index (χ2n) is 9.27. The summed E-state index contributed by atoms with van der Waals surface area (Å²) < 4.78 is 15.1. The molecule has 0 unspecified atom stereocenters. The van der Waals surface area contributed by atoms with Gasteiger partial charge in [0.05, 0.1) is 12.6 Å². The molecule has 0 amide bonds. The molecule has 0 aliphatic carbocycles. The fraction of sp³-hybridized carbons (Fsp3) is 0.385. The summed E-state index contributed by atoms with van der Waals surface area (Å²) in [5.41, 5.74) is 3.31. The first-order valence-corrected chi connectivity index (χ1v) is 11.8. The zero-order chi connectivity index (χ0) is 24.9. The molecule has 2 N–H and O–H groups in total. The highest BCUT2D eigenvalue weighted by molar-refractivity contribution is 5.79. The third-order valence-electron chi connectivity index (χ3n) is 6.15. The van der Waals surface area contributed by atoms with Gasteiger partial charge in [0.25, 0.3) is 5.56 Å². The molecule has 0 bridgehead atoms. The van der Waals surface area contributed by atoms with Crippen molar-refractivity contribution in [3.8, 4) is 0 Å². The van der Waals surface area contributed by atoms with E-state index in [2.05, 4.69) is 45.3 Å². The summed E-state index contributed by atoms with van der Waals surface area (Å²) in [6, 6.07) is 13.9. The monoisotopic (exact) mass is 478 g/mol. The Morgan fingerprint density at radius 2 is 1.91 bits per heavy atom. The predicted octanol–water partition coefficient (Wildman–Crippen LogP) is 3.59. The van der Waals surface area contributed by atoms with Crippen molar-refractivity contribution in [2.45, 2.75) is 46.3 Å². The Hall–Kier alpha value is -3.43. The maximum Gasteiger partial charge on any atom is 0.252 e. The van der Waals surface area contributed by atoms with Crippen molar-refractivity contribution >= 4 is 10.9 Å². The number of rotatable bonds is 10. The van der Waals surface area contributed by atoms with Crippen molar-refractivity contribution in [3.05, 3.63) is 87.2 Å². The first kappa shape index (κ1) is 24.7. The fourth-order valence-corrected chi connectivity index (χ4v) is 4.48. The summed E-state index contributed by atoms with van der Waals surface area (Å²) in [4.78, 5) is 18.1. The maximum atomic E-state index is 13.4. The summed E-state index contributed by atoms with van der Waals surface area (Å²) in [6.07, 6.45) is 0.549. The van der Waals surface area contributed by atoms with Gasteiger partial charge in [-0.2, -0.15) is 0 Å². The minimum absolute atomic E-state index is 0.0368. The van der Waals surface area contributed by atoms with Gasteiger partial charge in [-0.1, -0.05) is 37.6 Å². The number of H-pyrrole nitrogens is 1. The SMILES string of the molecule is Cc1ccc2[nH]c(=O)c(CN(CCCO)[C@@H](c3nnnn3Cc3ccc(F)cc3)C(C)C)cc2c1. The van der Waals surface area contributed by atoms with E-state index in [-0.39, 0.29) is 29.9 Å². The molecule has 184 valence electrons. The molecule has 0 saturated heterocycles. The van der Waals surface area contributed by atoms with Gasteiger partial charge in [0.1, 0.15) is 5.82 Å². The Morgan fingerprint density at radius 1 is 1.14 bits per heavy atom. The number of tetrazole rings is 1. The van der Waals surface area contributed by atoms with Crippen LogP contribution in [0.1, 0.15) is 48.8 Å². The number of aliphatic hydroxyl groups is 1. The highest BCUT2D eigenvalue weighted by Gasteiger charge is 2.29. The van der Waals surface area contributed by atoms with Crippen molar-refractivity contribution in [2.75, 3.05) is 13.2 Å². The number of hydrogen-bond donors (Lipinski definition) is 2. The molecule has 0 radical (unpaired) electrons. The van der Waals surface area contributed by atoms with E-state index < -0.39 is 0 Å². The van der Waals surface area contributed by atoms with Crippen LogP contribution in [0.5, 0.6) is 0 Å². The number of aliphatic hydroxyl groups excluding tert-OH is 1. The smallest absolute Gasteiger partial charge is 0.252 e. The van der Waals surface area contributed by atoms with Gasteiger partial charge in [0.2, 0.25) is 0 Å². The van der Waals surface area contributed by atoms with E-state index in [4.69, 9.17) is 0 Å². The molecule has 0 spiro atoms. The molecule has 35 heavy (non-hydrogen) atoms. The van der Waals surface area contributed by atoms with Gasteiger partial charge in [-0.25, -0.2) is 9.07 Å². The molecule has 9 heteroatoms. The van der Waals surface area contributed by atoms with Crippen molar-refractivity contribution in [1.29, 1.82) is 0 Å². The lowest BCUT2D eigenvalue weighted by molar-refractivity contribution is 0.122. The highest BCUT2D eigenvalue weighted by atomic mass is 19.1. The minimum atomic E-state index is -0.295. The van der Waals surface area contributed by atoms with Crippen LogP contribution in [0, 0.1) is 18.7 Å². The van der Waals surface area contributed by atoms with Gasteiger partial charge in [0, 0.05) is 30.8 Å². The quantitative estimate of drug-likeness (QED) is 0.361. The number of hydrogen-bond acceptors (Lipinski definition) is 6. The highest BCUT2D eigenvalue weighted by Crippen LogP contribution is 2.29. The molecule has 2 heterocycles. The molecule has 0 fully saturated rings. The van der Waals surface area contributed by atoms with Crippen LogP contribution >= 0.6 is 0 Å². The predicted molar refractivity (Wildman–Crippen MR) is 132 cm³/mol. The number of aryl methyl sites for hydroxylation is 1. The molecule has 0 aliphatic heterocycles. The standard InChI is InChI=1S/C26H31FN6O2/c1-17(2)24(25-29-30-31-33(25)15-19-6-8-22(27)9-7-19)32(11-4-12-34)16-21-14-20-13-18(3)5-10-23(20)28-26(21)35/h5-10,13-14,17,24,34H,4,11-12,15-16H2,1-3H3,(H,28,35)/t24-/m1/s1. The lowest BCUT2D eigenvalue weighted by Crippen LogP contribution is -2.36. The van der Waals surface area contributed by atoms with Crippen LogP contribution in [0.15, 0.2) is 53.3 Å². The number of benzene rings is 2. The zero-order valence-electron chi connectivity index (χ0n) is 20.3. The van der Waals surface area contributed by atoms with Crippen LogP contribution in [-0.4, -0.2) is 48.3 Å². The lowest BCUT2D eigenvalue weighted by atomic mass is 10.00. The van der Waals surface area contributed by atoms with Crippen LogP contribution in [-0.2, 0) is 13.1 Å². The summed E-state index contributed by atoms with van der Waals surface area (Å²) in [5, 5.41) is 23.0. The first-order chi connectivity index (χ1) is 16.9. The van der Waals surface area contributed by atoms with E-state index in [9.17, 15) is 14.3 Å². The second-order valence-corrected chi connectivity index (χ2v) is 9.27. The van der Waals surface area contributed by atoms with E-state index in [0.717, 1.165) is 22.0 Å². The van der Waals surface area contributed by atoms with Gasteiger partial charge < -0.3 is 10.1 Å². The Morgan fingerprint density at radius 3 is 2.63 bits per heavy atom. The molecule has 4 rings (SSSR count). The molecular formula is C26H31FN6O2. The lowest BCUT2D eigenvalue weighted by Gasteiger charge is -2.33. The van der Waals surface area contributed by atoms with Gasteiger partial charge in [-0.15, -0.1) is 5.10 Å². The number of pyridine rings is 1. The van der Waals surface area contributed by atoms with E-state index in [1.165, 1.54) is 12.1 Å². The number of aromatic amines is 1. The number of nitrogens with zero attached hydrogens (tertiary/aromatic N) is 5. The molecule has 2 aromatic carbocycles. The Balaban J connectivity index is 1.69. The van der Waals surface area contributed by atoms with Crippen LogP contribution in [0.25, 0.3) is 10.9 Å². The van der Waals surface area contributed by atoms with Crippen molar-refractivity contribution in [2.24, 2.45) is 5.92 Å². The maximum absolute atomic E-state index is 13.4. The molecule has 8 nitrogen and oxygen atoms in total.